The molecule has 0 N–H and O–H groups in total. The van der Waals surface area contributed by atoms with Crippen molar-refractivity contribution in [2.75, 3.05) is 0 Å². The molecule has 0 nitrogen and oxygen atoms in total. The summed E-state index contributed by atoms with van der Waals surface area (Å²) in [5.41, 5.74) is 0. The maximum absolute atomic E-state index is 9.89. The van der Waals surface area contributed by atoms with Gasteiger partial charge in [-0.15, -0.1) is 0 Å². The van der Waals surface area contributed by atoms with Crippen molar-refractivity contribution >= 4 is 21.1 Å². The van der Waals surface area contributed by atoms with E-state index in [1.165, 1.54) is 0 Å². The molecule has 1 radical (unpaired) electrons. The van der Waals surface area contributed by atoms with Gasteiger partial charge in [-0.1, -0.05) is 0 Å². The minimum Gasteiger partial charge on any atom is 0.553 e. The molecule has 0 aliphatic rings. The molecule has 0 heterocycles. The van der Waals surface area contributed by atoms with Crippen LogP contribution in [0.4, 0.5) is 11.3 Å². The zero-order chi connectivity index (χ0) is 4.50. The Bertz CT molecular complexity index is 23.0. The van der Waals surface area contributed by atoms with Gasteiger partial charge in [0.15, 0.2) is 0 Å². The standard InChI is InChI=1S/4FH.HI.Sb/h5*1H;/q;;;;+1;+3/p-4. The minimum absolute atomic E-state index is 0. The van der Waals surface area contributed by atoms with Crippen molar-refractivity contribution in [1.29, 1.82) is 0 Å². The number of hydrogen-bond donors (Lipinski definition) is 0. The van der Waals surface area contributed by atoms with Gasteiger partial charge in [-0.2, -0.15) is 0 Å². The fourth-order valence-corrected chi connectivity index (χ4v) is 0. The summed E-state index contributed by atoms with van der Waals surface area (Å²) in [6, 6.07) is 0. The average Bonchev–Trinajstić information content (AvgIpc) is 0.722. The summed E-state index contributed by atoms with van der Waals surface area (Å²) < 4.78 is 39.6. The van der Waals surface area contributed by atoms with Crippen LogP contribution in [0.25, 0.3) is 0 Å². The van der Waals surface area contributed by atoms with Crippen LogP contribution >= 0.6 is 0 Å². The summed E-state index contributed by atoms with van der Waals surface area (Å²) in [6.07, 6.45) is 0. The largest absolute Gasteiger partial charge is 0.553 e. The molecular weight excluding hydrogens is 325 g/mol. The number of rotatable bonds is 0. The first-order chi connectivity index (χ1) is 2.00. The zero-order valence-electron chi connectivity index (χ0n) is 2.37. The van der Waals surface area contributed by atoms with E-state index >= 15 is 0 Å². The van der Waals surface area contributed by atoms with E-state index in [0.717, 1.165) is 0 Å². The Morgan fingerprint density at radius 2 is 0.833 bits per heavy atom. The second-order valence-corrected chi connectivity index (χ2v) is 2.57. The van der Waals surface area contributed by atoms with E-state index in [1.807, 2.05) is 0 Å². The Kier molecular flexibility index (Phi) is 5.65. The van der Waals surface area contributed by atoms with Gasteiger partial charge in [-0.25, -0.2) is 0 Å². The topological polar surface area (TPSA) is 0 Å². The van der Waals surface area contributed by atoms with Crippen molar-refractivity contribution in [1.82, 2.24) is 0 Å². The summed E-state index contributed by atoms with van der Waals surface area (Å²) in [5.74, 6) is 0. The molecule has 0 bridgehead atoms. The smallest absolute Gasteiger partial charge is 0.553 e. The third kappa shape index (κ3) is 59.7. The quantitative estimate of drug-likeness (QED) is 0.276. The fourth-order valence-electron chi connectivity index (χ4n) is 0. The van der Waals surface area contributed by atoms with Crippen molar-refractivity contribution in [2.24, 2.45) is 0 Å². The van der Waals surface area contributed by atoms with Crippen molar-refractivity contribution < 1.29 is 35.2 Å². The molecule has 0 aromatic rings. The summed E-state index contributed by atoms with van der Waals surface area (Å²) >= 11 is -7.10. The van der Waals surface area contributed by atoms with Gasteiger partial charge in [-0.05, 0) is 0 Å². The predicted octanol–water partition coefficient (Wildman–Crippen LogP) is -1.96. The van der Waals surface area contributed by atoms with Crippen LogP contribution in [0.1, 0.15) is 0 Å². The van der Waals surface area contributed by atoms with Crippen LogP contribution in [0.2, 0.25) is 0 Å². The second kappa shape index (κ2) is 3.29. The summed E-state index contributed by atoms with van der Waals surface area (Å²) in [7, 11) is 0. The van der Waals surface area contributed by atoms with E-state index < -0.39 is 21.1 Å². The Hall–Kier alpha value is 1.27. The Labute approximate surface area is 56.1 Å². The molecule has 0 saturated heterocycles. The first-order valence-electron chi connectivity index (χ1n) is 0.676. The van der Waals surface area contributed by atoms with Crippen LogP contribution in [-0.4, -0.2) is 21.1 Å². The molecule has 0 unspecified atom stereocenters. The van der Waals surface area contributed by atoms with E-state index in [4.69, 9.17) is 0 Å². The third-order valence-electron chi connectivity index (χ3n) is 0. The molecule has 0 aliphatic carbocycles. The molecule has 6 heteroatoms. The van der Waals surface area contributed by atoms with Gasteiger partial charge in [0.1, 0.15) is 0 Å². The van der Waals surface area contributed by atoms with Crippen LogP contribution in [0.15, 0.2) is 0 Å². The number of halogens is 5. The van der Waals surface area contributed by atoms with Crippen LogP contribution in [0.5, 0.6) is 0 Å². The number of hydrogen-bond acceptors (Lipinski definition) is 0. The van der Waals surface area contributed by atoms with Gasteiger partial charge in [0.25, 0.3) is 0 Å². The monoisotopic (exact) mass is 325 g/mol. The maximum Gasteiger partial charge on any atom is 0.553 e. The molecule has 0 atom stereocenters. The van der Waals surface area contributed by atoms with Gasteiger partial charge in [0, 0.05) is 0 Å². The molecule has 0 amide bonds. The minimum atomic E-state index is -7.10. The van der Waals surface area contributed by atoms with Crippen LogP contribution < -0.4 is 24.0 Å². The van der Waals surface area contributed by atoms with E-state index in [9.17, 15) is 11.3 Å². The van der Waals surface area contributed by atoms with Gasteiger partial charge in [0.2, 0.25) is 0 Å². The molecule has 0 aromatic heterocycles. The SMILES string of the molecule is [F][Sb-]([F])([F])[F].[IH+]. The van der Waals surface area contributed by atoms with Crippen molar-refractivity contribution in [3.8, 4) is 0 Å². The summed E-state index contributed by atoms with van der Waals surface area (Å²) in [6.45, 7) is 0. The zero-order valence-corrected chi connectivity index (χ0v) is 7.25. The molecule has 41 valence electrons. The average molecular weight is 326 g/mol. The van der Waals surface area contributed by atoms with Crippen molar-refractivity contribution in [2.45, 2.75) is 0 Å². The molecule has 0 spiro atoms. The molecule has 0 rings (SSSR count). The van der Waals surface area contributed by atoms with Gasteiger partial charge >= 0.3 is 56.4 Å². The third-order valence-corrected chi connectivity index (χ3v) is 0. The first kappa shape index (κ1) is 10.3. The maximum atomic E-state index is 9.89. The van der Waals surface area contributed by atoms with Gasteiger partial charge < -0.3 is 0 Å². The van der Waals surface area contributed by atoms with E-state index in [-0.39, 0.29) is 24.0 Å². The predicted molar refractivity (Wildman–Crippen MR) is 11.6 cm³/mol. The first-order valence-corrected chi connectivity index (χ1v) is 4.54. The van der Waals surface area contributed by atoms with Gasteiger partial charge in [-0.3, -0.25) is 0 Å². The fraction of sp³-hybridized carbons (Fsp3) is 0. The molecule has 0 fully saturated rings. The van der Waals surface area contributed by atoms with Crippen LogP contribution in [-0.2, 0) is 0 Å². The van der Waals surface area contributed by atoms with Crippen LogP contribution in [0, 0.1) is 0 Å². The molecule has 0 saturated carbocycles. The summed E-state index contributed by atoms with van der Waals surface area (Å²) in [4.78, 5) is 0. The Morgan fingerprint density at radius 1 is 0.833 bits per heavy atom. The van der Waals surface area contributed by atoms with E-state index in [1.54, 1.807) is 0 Å². The Morgan fingerprint density at radius 3 is 0.833 bits per heavy atom. The van der Waals surface area contributed by atoms with Crippen molar-refractivity contribution in [3.63, 3.8) is 0 Å². The van der Waals surface area contributed by atoms with E-state index in [0.29, 0.717) is 0 Å². The van der Waals surface area contributed by atoms with E-state index in [2.05, 4.69) is 0 Å². The molecular formula is HF4ISb. The molecule has 0 aromatic carbocycles. The second-order valence-electron chi connectivity index (χ2n) is 0.383. The van der Waals surface area contributed by atoms with Crippen molar-refractivity contribution in [3.05, 3.63) is 0 Å². The normalized spacial score (nSPS) is 12.7. The van der Waals surface area contributed by atoms with Crippen LogP contribution in [0.3, 0.4) is 0 Å². The molecule has 6 heavy (non-hydrogen) atoms. The van der Waals surface area contributed by atoms with Gasteiger partial charge in [0.05, 0.1) is 0 Å². The Balaban J connectivity index is 0. The summed E-state index contributed by atoms with van der Waals surface area (Å²) in [5, 5.41) is 0. The molecule has 0 aliphatic heterocycles.